The highest BCUT2D eigenvalue weighted by molar-refractivity contribution is 5.91. The maximum absolute atomic E-state index is 13.9. The van der Waals surface area contributed by atoms with Gasteiger partial charge < -0.3 is 15.4 Å². The quantitative estimate of drug-likeness (QED) is 0.854. The molecule has 0 saturated heterocycles. The van der Waals surface area contributed by atoms with E-state index in [4.69, 9.17) is 10.5 Å². The van der Waals surface area contributed by atoms with Gasteiger partial charge in [-0.15, -0.1) is 0 Å². The van der Waals surface area contributed by atoms with Crippen molar-refractivity contribution < 1.29 is 13.9 Å². The molecule has 1 aliphatic rings. The number of pyridine rings is 1. The zero-order valence-corrected chi connectivity index (χ0v) is 12.0. The van der Waals surface area contributed by atoms with Gasteiger partial charge in [0.25, 0.3) is 0 Å². The summed E-state index contributed by atoms with van der Waals surface area (Å²) in [5.41, 5.74) is 6.56. The Balaban J connectivity index is 1.95. The van der Waals surface area contributed by atoms with Gasteiger partial charge in [-0.1, -0.05) is 0 Å². The van der Waals surface area contributed by atoms with Crippen LogP contribution in [0.1, 0.15) is 12.5 Å². The number of benzene rings is 1. The number of hydrogen-bond donors (Lipinski definition) is 2. The number of urea groups is 1. The third-order valence-corrected chi connectivity index (χ3v) is 3.43. The number of carbonyl (C=O) groups is 1. The van der Waals surface area contributed by atoms with Crippen molar-refractivity contribution in [2.24, 2.45) is 0 Å². The summed E-state index contributed by atoms with van der Waals surface area (Å²) in [6.07, 6.45) is 1.51. The molecule has 2 aromatic rings. The molecule has 7 heteroatoms. The van der Waals surface area contributed by atoms with Gasteiger partial charge in [0.15, 0.2) is 11.6 Å². The molecule has 1 aliphatic heterocycles. The summed E-state index contributed by atoms with van der Waals surface area (Å²) in [4.78, 5) is 17.5. The second-order valence-corrected chi connectivity index (χ2v) is 4.87. The highest BCUT2D eigenvalue weighted by atomic mass is 19.1. The van der Waals surface area contributed by atoms with Gasteiger partial charge in [0.05, 0.1) is 12.1 Å². The van der Waals surface area contributed by atoms with Crippen molar-refractivity contribution in [3.63, 3.8) is 0 Å². The van der Waals surface area contributed by atoms with Crippen LogP contribution in [0.3, 0.4) is 0 Å². The Bertz CT molecular complexity index is 735. The van der Waals surface area contributed by atoms with Gasteiger partial charge in [0.2, 0.25) is 0 Å². The van der Waals surface area contributed by atoms with E-state index < -0.39 is 5.82 Å². The first kappa shape index (κ1) is 14.1. The van der Waals surface area contributed by atoms with Crippen molar-refractivity contribution in [3.05, 3.63) is 41.8 Å². The minimum Gasteiger partial charge on any atom is -0.454 e. The minimum absolute atomic E-state index is 0.0718. The topological polar surface area (TPSA) is 80.5 Å². The van der Waals surface area contributed by atoms with Crippen LogP contribution < -0.4 is 15.8 Å². The summed E-state index contributed by atoms with van der Waals surface area (Å²) in [7, 11) is 0. The Hall–Kier alpha value is -2.83. The Morgan fingerprint density at radius 2 is 2.23 bits per heavy atom. The zero-order valence-electron chi connectivity index (χ0n) is 12.0. The number of fused-ring (bicyclic) bond motifs is 1. The number of carbonyl (C=O) groups excluding carboxylic acids is 1. The van der Waals surface area contributed by atoms with E-state index in [9.17, 15) is 9.18 Å². The van der Waals surface area contributed by atoms with E-state index in [1.54, 1.807) is 17.0 Å². The van der Waals surface area contributed by atoms with Crippen LogP contribution in [0, 0.1) is 5.82 Å². The number of aromatic nitrogens is 1. The van der Waals surface area contributed by atoms with Crippen molar-refractivity contribution in [1.82, 2.24) is 9.88 Å². The molecule has 2 heterocycles. The Morgan fingerprint density at radius 3 is 2.95 bits per heavy atom. The number of amides is 2. The van der Waals surface area contributed by atoms with E-state index in [2.05, 4.69) is 10.3 Å². The summed E-state index contributed by atoms with van der Waals surface area (Å²) < 4.78 is 19.5. The van der Waals surface area contributed by atoms with Crippen LogP contribution in [0.2, 0.25) is 0 Å². The summed E-state index contributed by atoms with van der Waals surface area (Å²) >= 11 is 0. The van der Waals surface area contributed by atoms with Gasteiger partial charge in [-0.3, -0.25) is 5.32 Å². The molecule has 2 amide bonds. The normalized spacial score (nSPS) is 13.5. The van der Waals surface area contributed by atoms with Gasteiger partial charge in [0, 0.05) is 24.5 Å². The van der Waals surface area contributed by atoms with E-state index in [0.29, 0.717) is 35.9 Å². The average molecular weight is 302 g/mol. The molecule has 3 N–H and O–H groups in total. The van der Waals surface area contributed by atoms with Crippen LogP contribution >= 0.6 is 0 Å². The number of nitrogens with zero attached hydrogens (tertiary/aromatic N) is 2. The van der Waals surface area contributed by atoms with Crippen molar-refractivity contribution in [2.45, 2.75) is 13.5 Å². The maximum atomic E-state index is 13.9. The number of hydrogen-bond acceptors (Lipinski definition) is 4. The number of ether oxygens (including phenoxy) is 1. The van der Waals surface area contributed by atoms with E-state index in [1.807, 2.05) is 6.92 Å². The molecular weight excluding hydrogens is 287 g/mol. The number of anilines is 2. The molecule has 0 atom stereocenters. The largest absolute Gasteiger partial charge is 0.454 e. The molecule has 0 fully saturated rings. The highest BCUT2D eigenvalue weighted by Crippen LogP contribution is 2.34. The molecule has 0 unspecified atom stereocenters. The van der Waals surface area contributed by atoms with E-state index in [0.717, 1.165) is 0 Å². The number of nitrogen functional groups attached to an aromatic ring is 1. The molecule has 3 rings (SSSR count). The van der Waals surface area contributed by atoms with E-state index in [1.165, 1.54) is 18.3 Å². The van der Waals surface area contributed by atoms with Gasteiger partial charge in [-0.25, -0.2) is 14.2 Å². The first-order valence-corrected chi connectivity index (χ1v) is 6.85. The Kier molecular flexibility index (Phi) is 3.54. The van der Waals surface area contributed by atoms with E-state index >= 15 is 0 Å². The van der Waals surface area contributed by atoms with E-state index in [-0.39, 0.29) is 11.8 Å². The third-order valence-electron chi connectivity index (χ3n) is 3.43. The molecule has 0 spiro atoms. The third kappa shape index (κ3) is 2.52. The first-order valence-electron chi connectivity index (χ1n) is 6.85. The molecule has 22 heavy (non-hydrogen) atoms. The van der Waals surface area contributed by atoms with Gasteiger partial charge in [0.1, 0.15) is 11.6 Å². The number of nitrogens with one attached hydrogen (secondary N) is 1. The minimum atomic E-state index is -0.544. The molecule has 114 valence electrons. The predicted octanol–water partition coefficient (Wildman–Crippen LogP) is 2.96. The maximum Gasteiger partial charge on any atom is 0.323 e. The molecule has 0 radical (unpaired) electrons. The summed E-state index contributed by atoms with van der Waals surface area (Å²) in [5, 5.41) is 2.69. The SMILES string of the molecule is CCN1Cc2c(Oc3ccc(N)cc3F)ccnc2NC1=O. The van der Waals surface area contributed by atoms with Crippen LogP contribution in [-0.4, -0.2) is 22.5 Å². The first-order chi connectivity index (χ1) is 10.6. The lowest BCUT2D eigenvalue weighted by molar-refractivity contribution is 0.209. The lowest BCUT2D eigenvalue weighted by Gasteiger charge is -2.28. The van der Waals surface area contributed by atoms with Gasteiger partial charge in [-0.2, -0.15) is 0 Å². The second kappa shape index (κ2) is 5.51. The van der Waals surface area contributed by atoms with Crippen molar-refractivity contribution in [3.8, 4) is 11.5 Å². The van der Waals surface area contributed by atoms with Crippen molar-refractivity contribution >= 4 is 17.5 Å². The number of halogens is 1. The lowest BCUT2D eigenvalue weighted by Crippen LogP contribution is -2.38. The lowest BCUT2D eigenvalue weighted by atomic mass is 10.2. The summed E-state index contributed by atoms with van der Waals surface area (Å²) in [6.45, 7) is 2.79. The van der Waals surface area contributed by atoms with Gasteiger partial charge >= 0.3 is 6.03 Å². The van der Waals surface area contributed by atoms with Crippen molar-refractivity contribution in [1.29, 1.82) is 0 Å². The predicted molar refractivity (Wildman–Crippen MR) is 80.2 cm³/mol. The molecule has 0 bridgehead atoms. The fourth-order valence-corrected chi connectivity index (χ4v) is 2.25. The van der Waals surface area contributed by atoms with Crippen LogP contribution in [0.25, 0.3) is 0 Å². The molecule has 0 saturated carbocycles. The fraction of sp³-hybridized carbons (Fsp3) is 0.200. The monoisotopic (exact) mass is 302 g/mol. The molecule has 6 nitrogen and oxygen atoms in total. The average Bonchev–Trinajstić information content (AvgIpc) is 2.49. The standard InChI is InChI=1S/C15H15FN4O2/c1-2-20-8-10-12(5-6-18-14(10)19-15(20)21)22-13-4-3-9(17)7-11(13)16/h3-7H,2,8,17H2,1H3,(H,18,19,21). The van der Waals surface area contributed by atoms with Crippen LogP contribution in [0.15, 0.2) is 30.5 Å². The fourth-order valence-electron chi connectivity index (χ4n) is 2.25. The van der Waals surface area contributed by atoms with Crippen LogP contribution in [0.5, 0.6) is 11.5 Å². The molecule has 1 aromatic heterocycles. The number of rotatable bonds is 3. The molecule has 0 aliphatic carbocycles. The molecular formula is C15H15FN4O2. The van der Waals surface area contributed by atoms with Crippen molar-refractivity contribution in [2.75, 3.05) is 17.6 Å². The molecule has 1 aromatic carbocycles. The number of nitrogens with two attached hydrogens (primary N) is 1. The summed E-state index contributed by atoms with van der Waals surface area (Å²) in [5.74, 6) is 0.412. The Morgan fingerprint density at radius 1 is 1.41 bits per heavy atom. The Labute approximate surface area is 126 Å². The summed E-state index contributed by atoms with van der Waals surface area (Å²) in [6, 6.07) is 5.66. The smallest absolute Gasteiger partial charge is 0.323 e. The zero-order chi connectivity index (χ0) is 15.7. The van der Waals surface area contributed by atoms with Crippen LogP contribution in [0.4, 0.5) is 20.7 Å². The second-order valence-electron chi connectivity index (χ2n) is 4.87. The highest BCUT2D eigenvalue weighted by Gasteiger charge is 2.25. The van der Waals surface area contributed by atoms with Gasteiger partial charge in [-0.05, 0) is 25.1 Å². The van der Waals surface area contributed by atoms with Crippen LogP contribution in [-0.2, 0) is 6.54 Å².